The predicted molar refractivity (Wildman–Crippen MR) is 112 cm³/mol. The lowest BCUT2D eigenvalue weighted by molar-refractivity contribution is -0.119. The Bertz CT molecular complexity index is 876. The van der Waals surface area contributed by atoms with Crippen molar-refractivity contribution in [2.45, 2.75) is 13.8 Å². The molecule has 0 aliphatic carbocycles. The molecule has 0 saturated heterocycles. The van der Waals surface area contributed by atoms with E-state index in [2.05, 4.69) is 4.98 Å². The van der Waals surface area contributed by atoms with Gasteiger partial charge in [0.1, 0.15) is 12.4 Å². The van der Waals surface area contributed by atoms with Crippen molar-refractivity contribution in [3.8, 4) is 5.75 Å². The zero-order chi connectivity index (χ0) is 19.2. The molecule has 0 aliphatic heterocycles. The molecular weight excluding hydrogens is 358 g/mol. The molecule has 5 nitrogen and oxygen atoms in total. The first-order chi connectivity index (χ1) is 13.1. The molecule has 0 radical (unpaired) electrons. The molecule has 0 spiro atoms. The first kappa shape index (κ1) is 19.3. The third-order valence-electron chi connectivity index (χ3n) is 4.36. The van der Waals surface area contributed by atoms with Crippen molar-refractivity contribution in [1.82, 2.24) is 9.88 Å². The lowest BCUT2D eigenvalue weighted by Crippen LogP contribution is -2.40. The van der Waals surface area contributed by atoms with Crippen LogP contribution in [0.3, 0.4) is 0 Å². The number of ether oxygens (including phenoxy) is 1. The minimum absolute atomic E-state index is 0.0509. The lowest BCUT2D eigenvalue weighted by Gasteiger charge is -2.22. The highest BCUT2D eigenvalue weighted by Gasteiger charge is 2.19. The molecule has 1 amide bonds. The van der Waals surface area contributed by atoms with Crippen LogP contribution >= 0.6 is 11.3 Å². The number of carbonyl (C=O) groups is 1. The van der Waals surface area contributed by atoms with E-state index >= 15 is 0 Å². The quantitative estimate of drug-likeness (QED) is 0.590. The molecule has 142 valence electrons. The van der Waals surface area contributed by atoms with Gasteiger partial charge in [-0.1, -0.05) is 41.7 Å². The Balaban J connectivity index is 1.55. The highest BCUT2D eigenvalue weighted by atomic mass is 32.1. The van der Waals surface area contributed by atoms with Crippen LogP contribution in [0.15, 0.2) is 48.5 Å². The fourth-order valence-corrected chi connectivity index (χ4v) is 3.87. The van der Waals surface area contributed by atoms with Gasteiger partial charge in [-0.05, 0) is 44.7 Å². The SMILES string of the molecule is CCN(C(=O)CN(C)CCOc1ccccc1C)c1nc2ccccc2s1. The maximum absolute atomic E-state index is 12.8. The van der Waals surface area contributed by atoms with Gasteiger partial charge in [0.2, 0.25) is 5.91 Å². The fourth-order valence-electron chi connectivity index (χ4n) is 2.82. The maximum Gasteiger partial charge on any atom is 0.242 e. The molecule has 1 heterocycles. The summed E-state index contributed by atoms with van der Waals surface area (Å²) in [7, 11) is 1.94. The standard InChI is InChI=1S/C21H25N3O2S/c1-4-24(21-22-17-10-6-8-12-19(17)27-21)20(25)15-23(3)13-14-26-18-11-7-5-9-16(18)2/h5-12H,4,13-15H2,1-3H3. The van der Waals surface area contributed by atoms with Crippen LogP contribution in [0.5, 0.6) is 5.75 Å². The summed E-state index contributed by atoms with van der Waals surface area (Å²) >= 11 is 1.55. The van der Waals surface area contributed by atoms with Crippen LogP contribution in [0.2, 0.25) is 0 Å². The first-order valence-corrected chi connectivity index (χ1v) is 9.93. The van der Waals surface area contributed by atoms with E-state index in [0.717, 1.165) is 26.7 Å². The normalized spacial score (nSPS) is 11.1. The Morgan fingerprint density at radius 2 is 1.89 bits per heavy atom. The van der Waals surface area contributed by atoms with Crippen LogP contribution in [0.25, 0.3) is 10.2 Å². The van der Waals surface area contributed by atoms with Gasteiger partial charge >= 0.3 is 0 Å². The number of likely N-dealkylation sites (N-methyl/N-ethyl adjacent to an activating group) is 2. The molecule has 0 bridgehead atoms. The zero-order valence-corrected chi connectivity index (χ0v) is 16.8. The fraction of sp³-hybridized carbons (Fsp3) is 0.333. The molecule has 0 saturated carbocycles. The van der Waals surface area contributed by atoms with Crippen molar-refractivity contribution in [3.05, 3.63) is 54.1 Å². The van der Waals surface area contributed by atoms with Gasteiger partial charge in [-0.25, -0.2) is 4.98 Å². The summed E-state index contributed by atoms with van der Waals surface area (Å²) in [6.45, 7) is 6.16. The van der Waals surface area contributed by atoms with Crippen molar-refractivity contribution in [2.75, 3.05) is 38.2 Å². The van der Waals surface area contributed by atoms with E-state index in [1.807, 2.05) is 74.3 Å². The van der Waals surface area contributed by atoms with Crippen LogP contribution in [0, 0.1) is 6.92 Å². The molecule has 3 aromatic rings. The van der Waals surface area contributed by atoms with E-state index in [1.54, 1.807) is 16.2 Å². The largest absolute Gasteiger partial charge is 0.492 e. The summed E-state index contributed by atoms with van der Waals surface area (Å²) in [5.41, 5.74) is 2.05. The predicted octanol–water partition coefficient (Wildman–Crippen LogP) is 3.97. The van der Waals surface area contributed by atoms with Crippen molar-refractivity contribution in [3.63, 3.8) is 0 Å². The third-order valence-corrected chi connectivity index (χ3v) is 5.42. The smallest absolute Gasteiger partial charge is 0.242 e. The van der Waals surface area contributed by atoms with Crippen LogP contribution in [0.4, 0.5) is 5.13 Å². The third kappa shape index (κ3) is 4.84. The van der Waals surface area contributed by atoms with Crippen molar-refractivity contribution >= 4 is 32.6 Å². The minimum atomic E-state index is 0.0509. The number of carbonyl (C=O) groups excluding carboxylic acids is 1. The first-order valence-electron chi connectivity index (χ1n) is 9.11. The molecule has 0 unspecified atom stereocenters. The number of rotatable bonds is 8. The Morgan fingerprint density at radius 3 is 2.63 bits per heavy atom. The van der Waals surface area contributed by atoms with Crippen molar-refractivity contribution < 1.29 is 9.53 Å². The van der Waals surface area contributed by atoms with E-state index in [1.165, 1.54) is 0 Å². The summed E-state index contributed by atoms with van der Waals surface area (Å²) in [5, 5.41) is 0.758. The number of anilines is 1. The summed E-state index contributed by atoms with van der Waals surface area (Å²) < 4.78 is 6.92. The Kier molecular flexibility index (Phi) is 6.42. The summed E-state index contributed by atoms with van der Waals surface area (Å²) in [5.74, 6) is 0.942. The van der Waals surface area contributed by atoms with E-state index < -0.39 is 0 Å². The van der Waals surface area contributed by atoms with E-state index in [4.69, 9.17) is 4.74 Å². The molecule has 3 rings (SSSR count). The second-order valence-electron chi connectivity index (χ2n) is 6.45. The van der Waals surface area contributed by atoms with Gasteiger partial charge in [0, 0.05) is 13.1 Å². The van der Waals surface area contributed by atoms with E-state index in [-0.39, 0.29) is 5.91 Å². The summed E-state index contributed by atoms with van der Waals surface area (Å²) in [6.07, 6.45) is 0. The summed E-state index contributed by atoms with van der Waals surface area (Å²) in [6, 6.07) is 15.9. The molecule has 0 fully saturated rings. The average molecular weight is 384 g/mol. The highest BCUT2D eigenvalue weighted by Crippen LogP contribution is 2.28. The molecule has 27 heavy (non-hydrogen) atoms. The number of hydrogen-bond donors (Lipinski definition) is 0. The van der Waals surface area contributed by atoms with Gasteiger partial charge in [-0.15, -0.1) is 0 Å². The van der Waals surface area contributed by atoms with Crippen LogP contribution in [-0.4, -0.2) is 49.1 Å². The van der Waals surface area contributed by atoms with Crippen LogP contribution in [-0.2, 0) is 4.79 Å². The Hall–Kier alpha value is -2.44. The Morgan fingerprint density at radius 1 is 1.15 bits per heavy atom. The molecule has 1 aromatic heterocycles. The molecule has 0 atom stereocenters. The summed E-state index contributed by atoms with van der Waals surface area (Å²) in [4.78, 5) is 21.1. The number of para-hydroxylation sites is 2. The number of fused-ring (bicyclic) bond motifs is 1. The van der Waals surface area contributed by atoms with Crippen LogP contribution in [0.1, 0.15) is 12.5 Å². The van der Waals surface area contributed by atoms with E-state index in [9.17, 15) is 4.79 Å². The number of nitrogens with zero attached hydrogens (tertiary/aromatic N) is 3. The number of aryl methyl sites for hydroxylation is 1. The second kappa shape index (κ2) is 8.97. The second-order valence-corrected chi connectivity index (χ2v) is 7.46. The zero-order valence-electron chi connectivity index (χ0n) is 16.0. The molecule has 0 aliphatic rings. The molecule has 6 heteroatoms. The van der Waals surface area contributed by atoms with Crippen molar-refractivity contribution in [1.29, 1.82) is 0 Å². The average Bonchev–Trinajstić information content (AvgIpc) is 3.07. The molecule has 0 N–H and O–H groups in total. The number of aromatic nitrogens is 1. The molecule has 2 aromatic carbocycles. The van der Waals surface area contributed by atoms with Gasteiger partial charge in [0.25, 0.3) is 0 Å². The van der Waals surface area contributed by atoms with Gasteiger partial charge in [0.05, 0.1) is 16.8 Å². The van der Waals surface area contributed by atoms with Gasteiger partial charge in [-0.3, -0.25) is 14.6 Å². The topological polar surface area (TPSA) is 45.7 Å². The molecular formula is C21H25N3O2S. The maximum atomic E-state index is 12.8. The number of hydrogen-bond acceptors (Lipinski definition) is 5. The van der Waals surface area contributed by atoms with E-state index in [0.29, 0.717) is 26.2 Å². The van der Waals surface area contributed by atoms with Gasteiger partial charge in [-0.2, -0.15) is 0 Å². The minimum Gasteiger partial charge on any atom is -0.492 e. The van der Waals surface area contributed by atoms with Crippen molar-refractivity contribution in [2.24, 2.45) is 0 Å². The van der Waals surface area contributed by atoms with Gasteiger partial charge in [0.15, 0.2) is 5.13 Å². The monoisotopic (exact) mass is 383 g/mol. The number of benzene rings is 2. The number of thiazole rings is 1. The Labute approximate surface area is 164 Å². The van der Waals surface area contributed by atoms with Crippen LogP contribution < -0.4 is 9.64 Å². The highest BCUT2D eigenvalue weighted by molar-refractivity contribution is 7.22. The number of amides is 1. The lowest BCUT2D eigenvalue weighted by atomic mass is 10.2. The van der Waals surface area contributed by atoms with Gasteiger partial charge < -0.3 is 4.74 Å².